The number of carbonyl (C=O) groups excluding carboxylic acids is 1. The number of carbonyl (C=O) groups is 1. The van der Waals surface area contributed by atoms with Gasteiger partial charge in [0, 0.05) is 31.7 Å². The number of anilines is 1. The summed E-state index contributed by atoms with van der Waals surface area (Å²) in [7, 11) is 0. The first-order chi connectivity index (χ1) is 12.7. The minimum Gasteiger partial charge on any atom is -0.354 e. The van der Waals surface area contributed by atoms with Crippen LogP contribution in [-0.2, 0) is 13.0 Å². The largest absolute Gasteiger partial charge is 0.354 e. The second-order valence-electron chi connectivity index (χ2n) is 5.61. The maximum atomic E-state index is 12.9. The number of rotatable bonds is 7. The molecule has 2 aromatic heterocycles. The summed E-state index contributed by atoms with van der Waals surface area (Å²) in [4.78, 5) is 24.5. The van der Waals surface area contributed by atoms with Crippen LogP contribution in [0, 0.1) is 5.82 Å². The third kappa shape index (κ3) is 5.07. The summed E-state index contributed by atoms with van der Waals surface area (Å²) in [6.07, 6.45) is 5.58. The predicted molar refractivity (Wildman–Crippen MR) is 96.0 cm³/mol. The molecule has 0 bridgehead atoms. The van der Waals surface area contributed by atoms with Crippen molar-refractivity contribution in [3.8, 4) is 0 Å². The van der Waals surface area contributed by atoms with Crippen molar-refractivity contribution in [3.05, 3.63) is 83.7 Å². The molecule has 2 heterocycles. The van der Waals surface area contributed by atoms with E-state index in [1.54, 1.807) is 30.6 Å². The first-order valence-electron chi connectivity index (χ1n) is 8.19. The zero-order chi connectivity index (χ0) is 18.2. The van der Waals surface area contributed by atoms with Gasteiger partial charge in [0.15, 0.2) is 0 Å². The van der Waals surface area contributed by atoms with Crippen molar-refractivity contribution in [1.29, 1.82) is 0 Å². The standard InChI is InChI=1S/C19H18FN5O/c20-16-3-1-14(2-4-16)7-11-22-19-23-12-8-17(25-19)18(26)24-13-15-5-9-21-10-6-15/h1-6,8-10,12H,7,11,13H2,(H,24,26)(H,22,23,25). The second kappa shape index (κ2) is 8.66. The van der Waals surface area contributed by atoms with Crippen LogP contribution in [0.25, 0.3) is 0 Å². The van der Waals surface area contributed by atoms with Crippen molar-refractivity contribution < 1.29 is 9.18 Å². The zero-order valence-corrected chi connectivity index (χ0v) is 14.0. The molecule has 132 valence electrons. The van der Waals surface area contributed by atoms with Gasteiger partial charge in [-0.3, -0.25) is 9.78 Å². The number of nitrogens with zero attached hydrogens (tertiary/aromatic N) is 3. The van der Waals surface area contributed by atoms with Crippen molar-refractivity contribution in [2.24, 2.45) is 0 Å². The molecule has 0 aliphatic heterocycles. The molecule has 3 rings (SSSR count). The SMILES string of the molecule is O=C(NCc1ccncc1)c1ccnc(NCCc2ccc(F)cc2)n1. The Morgan fingerprint density at radius 1 is 0.962 bits per heavy atom. The highest BCUT2D eigenvalue weighted by Gasteiger charge is 2.08. The molecule has 0 aliphatic rings. The van der Waals surface area contributed by atoms with E-state index in [2.05, 4.69) is 25.6 Å². The molecule has 26 heavy (non-hydrogen) atoms. The fraction of sp³-hybridized carbons (Fsp3) is 0.158. The molecule has 0 spiro atoms. The number of hydrogen-bond donors (Lipinski definition) is 2. The molecule has 1 aromatic carbocycles. The molecule has 0 saturated heterocycles. The Labute approximate surface area is 150 Å². The van der Waals surface area contributed by atoms with E-state index in [-0.39, 0.29) is 11.7 Å². The molecule has 0 unspecified atom stereocenters. The lowest BCUT2D eigenvalue weighted by molar-refractivity contribution is 0.0946. The van der Waals surface area contributed by atoms with E-state index in [9.17, 15) is 9.18 Å². The van der Waals surface area contributed by atoms with Gasteiger partial charge in [-0.15, -0.1) is 0 Å². The molecule has 1 amide bonds. The number of nitrogens with one attached hydrogen (secondary N) is 2. The van der Waals surface area contributed by atoms with Gasteiger partial charge in [-0.1, -0.05) is 12.1 Å². The van der Waals surface area contributed by atoms with Crippen LogP contribution < -0.4 is 10.6 Å². The van der Waals surface area contributed by atoms with Crippen LogP contribution in [0.15, 0.2) is 61.1 Å². The molecule has 7 heteroatoms. The molecular weight excluding hydrogens is 333 g/mol. The topological polar surface area (TPSA) is 79.8 Å². The van der Waals surface area contributed by atoms with Crippen LogP contribution in [0.1, 0.15) is 21.6 Å². The smallest absolute Gasteiger partial charge is 0.270 e. The Kier molecular flexibility index (Phi) is 5.82. The van der Waals surface area contributed by atoms with Gasteiger partial charge in [0.2, 0.25) is 5.95 Å². The van der Waals surface area contributed by atoms with Crippen LogP contribution in [0.5, 0.6) is 0 Å². The van der Waals surface area contributed by atoms with E-state index >= 15 is 0 Å². The minimum atomic E-state index is -0.272. The fourth-order valence-electron chi connectivity index (χ4n) is 2.31. The molecule has 0 atom stereocenters. The van der Waals surface area contributed by atoms with E-state index in [1.807, 2.05) is 12.1 Å². The maximum Gasteiger partial charge on any atom is 0.270 e. The highest BCUT2D eigenvalue weighted by molar-refractivity contribution is 5.92. The average Bonchev–Trinajstić information content (AvgIpc) is 2.69. The van der Waals surface area contributed by atoms with Gasteiger partial charge >= 0.3 is 0 Å². The van der Waals surface area contributed by atoms with Crippen molar-refractivity contribution in [1.82, 2.24) is 20.3 Å². The summed E-state index contributed by atoms with van der Waals surface area (Å²) in [5.74, 6) is -0.148. The van der Waals surface area contributed by atoms with Crippen LogP contribution >= 0.6 is 0 Å². The summed E-state index contributed by atoms with van der Waals surface area (Å²) in [5, 5.41) is 5.88. The number of benzene rings is 1. The summed E-state index contributed by atoms with van der Waals surface area (Å²) in [5.41, 5.74) is 2.25. The van der Waals surface area contributed by atoms with Crippen molar-refractivity contribution >= 4 is 11.9 Å². The normalized spacial score (nSPS) is 10.3. The van der Waals surface area contributed by atoms with E-state index in [0.29, 0.717) is 31.2 Å². The number of pyridine rings is 1. The van der Waals surface area contributed by atoms with Crippen molar-refractivity contribution in [2.45, 2.75) is 13.0 Å². The van der Waals surface area contributed by atoms with Gasteiger partial charge in [0.25, 0.3) is 5.91 Å². The van der Waals surface area contributed by atoms with E-state index in [4.69, 9.17) is 0 Å². The Morgan fingerprint density at radius 2 is 1.73 bits per heavy atom. The van der Waals surface area contributed by atoms with E-state index < -0.39 is 0 Å². The van der Waals surface area contributed by atoms with Gasteiger partial charge in [-0.2, -0.15) is 0 Å². The van der Waals surface area contributed by atoms with E-state index in [0.717, 1.165) is 11.1 Å². The molecule has 0 saturated carbocycles. The van der Waals surface area contributed by atoms with E-state index in [1.165, 1.54) is 18.3 Å². The first-order valence-corrected chi connectivity index (χ1v) is 8.19. The van der Waals surface area contributed by atoms with Gasteiger partial charge in [0.05, 0.1) is 0 Å². The molecule has 2 N–H and O–H groups in total. The maximum absolute atomic E-state index is 12.9. The number of hydrogen-bond acceptors (Lipinski definition) is 5. The quantitative estimate of drug-likeness (QED) is 0.684. The van der Waals surface area contributed by atoms with Gasteiger partial charge in [0.1, 0.15) is 11.5 Å². The Morgan fingerprint density at radius 3 is 2.50 bits per heavy atom. The van der Waals surface area contributed by atoms with Crippen LogP contribution in [-0.4, -0.2) is 27.4 Å². The highest BCUT2D eigenvalue weighted by atomic mass is 19.1. The van der Waals surface area contributed by atoms with Gasteiger partial charge < -0.3 is 10.6 Å². The summed E-state index contributed by atoms with van der Waals surface area (Å²) in [6.45, 7) is 0.979. The summed E-state index contributed by atoms with van der Waals surface area (Å²) >= 11 is 0. The fourth-order valence-corrected chi connectivity index (χ4v) is 2.31. The number of amides is 1. The minimum absolute atomic E-state index is 0.254. The molecule has 0 fully saturated rings. The van der Waals surface area contributed by atoms with Crippen LogP contribution in [0.3, 0.4) is 0 Å². The molecule has 3 aromatic rings. The number of halogens is 1. The van der Waals surface area contributed by atoms with Crippen molar-refractivity contribution in [2.75, 3.05) is 11.9 Å². The van der Waals surface area contributed by atoms with Gasteiger partial charge in [-0.25, -0.2) is 14.4 Å². The van der Waals surface area contributed by atoms with Crippen LogP contribution in [0.2, 0.25) is 0 Å². The second-order valence-corrected chi connectivity index (χ2v) is 5.61. The monoisotopic (exact) mass is 351 g/mol. The Balaban J connectivity index is 1.52. The van der Waals surface area contributed by atoms with Crippen LogP contribution in [0.4, 0.5) is 10.3 Å². The first kappa shape index (κ1) is 17.5. The lowest BCUT2D eigenvalue weighted by Gasteiger charge is -2.07. The lowest BCUT2D eigenvalue weighted by Crippen LogP contribution is -2.24. The predicted octanol–water partition coefficient (Wildman–Crippen LogP) is 2.60. The molecule has 0 radical (unpaired) electrons. The average molecular weight is 351 g/mol. The highest BCUT2D eigenvalue weighted by Crippen LogP contribution is 2.05. The number of aromatic nitrogens is 3. The summed E-state index contributed by atoms with van der Waals surface area (Å²) < 4.78 is 12.9. The third-order valence-corrected chi connectivity index (χ3v) is 3.70. The Hall–Kier alpha value is -3.35. The summed E-state index contributed by atoms with van der Waals surface area (Å²) in [6, 6.07) is 11.6. The molecular formula is C19H18FN5O. The lowest BCUT2D eigenvalue weighted by atomic mass is 10.1. The zero-order valence-electron chi connectivity index (χ0n) is 14.0. The Bertz CT molecular complexity index is 855. The third-order valence-electron chi connectivity index (χ3n) is 3.70. The molecule has 6 nitrogen and oxygen atoms in total. The van der Waals surface area contributed by atoms with Gasteiger partial charge in [-0.05, 0) is 47.9 Å². The van der Waals surface area contributed by atoms with Crippen molar-refractivity contribution in [3.63, 3.8) is 0 Å². The molecule has 0 aliphatic carbocycles.